The average molecular weight is 338 g/mol. The van der Waals surface area contributed by atoms with Crippen molar-refractivity contribution in [2.24, 2.45) is 0 Å². The Labute approximate surface area is 99.7 Å². The molecular weight excluding hydrogens is 335 g/mol. The zero-order valence-electron chi connectivity index (χ0n) is 7.05. The minimum atomic E-state index is -0.659. The molecule has 1 aromatic heterocycles. The molecule has 15 heavy (non-hydrogen) atoms. The first-order valence-electron chi connectivity index (χ1n) is 3.79. The summed E-state index contributed by atoms with van der Waals surface area (Å²) >= 11 is 6.34. The van der Waals surface area contributed by atoms with Crippen molar-refractivity contribution in [3.8, 4) is 11.4 Å². The molecule has 2 rings (SSSR count). The zero-order chi connectivity index (χ0) is 11.0. The van der Waals surface area contributed by atoms with E-state index in [9.17, 15) is 9.18 Å². The lowest BCUT2D eigenvalue weighted by Crippen LogP contribution is -1.95. The van der Waals surface area contributed by atoms with Crippen LogP contribution in [0.5, 0.6) is 0 Å². The molecule has 0 aliphatic rings. The Morgan fingerprint density at radius 2 is 1.93 bits per heavy atom. The predicted octanol–water partition coefficient (Wildman–Crippen LogP) is 2.69. The summed E-state index contributed by atoms with van der Waals surface area (Å²) in [5.41, 5.74) is 0.530. The standard InChI is InChI=1S/C8H3Br2FN2O2/c9-4-1-3(11)2-5(10)6(4)7-12-8(14)15-13-7/h1-2H,(H,12,13,14). The van der Waals surface area contributed by atoms with Crippen molar-refractivity contribution in [3.05, 3.63) is 37.4 Å². The van der Waals surface area contributed by atoms with Crippen molar-refractivity contribution in [1.29, 1.82) is 0 Å². The number of halogens is 3. The maximum absolute atomic E-state index is 13.0. The SMILES string of the molecule is O=c1[nH]c(-c2c(Br)cc(F)cc2Br)no1. The van der Waals surface area contributed by atoms with Crippen LogP contribution in [0, 0.1) is 5.82 Å². The molecule has 1 aromatic carbocycles. The Balaban J connectivity index is 2.67. The topological polar surface area (TPSA) is 58.9 Å². The number of benzene rings is 1. The van der Waals surface area contributed by atoms with Gasteiger partial charge in [0.05, 0.1) is 0 Å². The monoisotopic (exact) mass is 336 g/mol. The fourth-order valence-electron chi connectivity index (χ4n) is 1.11. The average Bonchev–Trinajstić information content (AvgIpc) is 2.49. The Morgan fingerprint density at radius 1 is 1.33 bits per heavy atom. The molecule has 78 valence electrons. The van der Waals surface area contributed by atoms with Gasteiger partial charge in [-0.1, -0.05) is 5.16 Å². The van der Waals surface area contributed by atoms with E-state index in [2.05, 4.69) is 46.5 Å². The van der Waals surface area contributed by atoms with Gasteiger partial charge in [0.15, 0.2) is 5.82 Å². The number of nitrogens with one attached hydrogen (secondary N) is 1. The molecule has 0 saturated heterocycles. The summed E-state index contributed by atoms with van der Waals surface area (Å²) in [4.78, 5) is 13.1. The van der Waals surface area contributed by atoms with Gasteiger partial charge in [0.2, 0.25) is 0 Å². The van der Waals surface area contributed by atoms with Crippen LogP contribution in [0.2, 0.25) is 0 Å². The molecule has 4 nitrogen and oxygen atoms in total. The van der Waals surface area contributed by atoms with Crippen molar-refractivity contribution in [1.82, 2.24) is 10.1 Å². The Hall–Kier alpha value is -0.950. The first-order valence-corrected chi connectivity index (χ1v) is 5.37. The van der Waals surface area contributed by atoms with Gasteiger partial charge in [-0.2, -0.15) is 0 Å². The second-order valence-electron chi connectivity index (χ2n) is 2.69. The second kappa shape index (κ2) is 3.90. The number of aromatic amines is 1. The summed E-state index contributed by atoms with van der Waals surface area (Å²) in [6.45, 7) is 0. The van der Waals surface area contributed by atoms with Gasteiger partial charge in [-0.3, -0.25) is 9.51 Å². The molecule has 2 aromatic rings. The Bertz CT molecular complexity index is 541. The van der Waals surface area contributed by atoms with Crippen molar-refractivity contribution in [2.75, 3.05) is 0 Å². The predicted molar refractivity (Wildman–Crippen MR) is 57.9 cm³/mol. The Kier molecular flexibility index (Phi) is 2.74. The minimum Gasteiger partial charge on any atom is -0.296 e. The van der Waals surface area contributed by atoms with Crippen molar-refractivity contribution >= 4 is 31.9 Å². The van der Waals surface area contributed by atoms with Crippen LogP contribution in [0.15, 0.2) is 30.4 Å². The van der Waals surface area contributed by atoms with E-state index in [4.69, 9.17) is 0 Å². The van der Waals surface area contributed by atoms with Crippen LogP contribution in [0.3, 0.4) is 0 Å². The van der Waals surface area contributed by atoms with Gasteiger partial charge in [-0.25, -0.2) is 9.18 Å². The van der Waals surface area contributed by atoms with Crippen LogP contribution in [0.25, 0.3) is 11.4 Å². The van der Waals surface area contributed by atoms with Crippen LogP contribution in [-0.2, 0) is 0 Å². The van der Waals surface area contributed by atoms with Gasteiger partial charge in [0, 0.05) is 14.5 Å². The van der Waals surface area contributed by atoms with Gasteiger partial charge in [0.25, 0.3) is 0 Å². The van der Waals surface area contributed by atoms with E-state index in [0.29, 0.717) is 14.5 Å². The molecule has 0 bridgehead atoms. The third-order valence-electron chi connectivity index (χ3n) is 1.68. The highest BCUT2D eigenvalue weighted by atomic mass is 79.9. The third-order valence-corrected chi connectivity index (χ3v) is 2.93. The molecule has 0 aliphatic heterocycles. The summed E-state index contributed by atoms with van der Waals surface area (Å²) < 4.78 is 18.3. The molecule has 0 fully saturated rings. The van der Waals surface area contributed by atoms with Gasteiger partial charge >= 0.3 is 5.76 Å². The highest BCUT2D eigenvalue weighted by molar-refractivity contribution is 9.11. The largest absolute Gasteiger partial charge is 0.439 e. The van der Waals surface area contributed by atoms with E-state index in [-0.39, 0.29) is 5.82 Å². The van der Waals surface area contributed by atoms with E-state index in [0.717, 1.165) is 0 Å². The summed E-state index contributed by atoms with van der Waals surface area (Å²) in [7, 11) is 0. The number of nitrogens with zero attached hydrogens (tertiary/aromatic N) is 1. The molecule has 0 aliphatic carbocycles. The number of rotatable bonds is 1. The molecule has 0 atom stereocenters. The number of hydrogen-bond acceptors (Lipinski definition) is 3. The van der Waals surface area contributed by atoms with Crippen LogP contribution < -0.4 is 5.76 Å². The fourth-order valence-corrected chi connectivity index (χ4v) is 2.61. The normalized spacial score (nSPS) is 10.6. The number of H-pyrrole nitrogens is 1. The molecule has 0 unspecified atom stereocenters. The highest BCUT2D eigenvalue weighted by Crippen LogP contribution is 2.33. The fraction of sp³-hybridized carbons (Fsp3) is 0. The molecule has 0 radical (unpaired) electrons. The van der Waals surface area contributed by atoms with Crippen molar-refractivity contribution < 1.29 is 8.91 Å². The lowest BCUT2D eigenvalue weighted by molar-refractivity contribution is 0.388. The smallest absolute Gasteiger partial charge is 0.296 e. The first kappa shape index (κ1) is 10.6. The molecule has 1 N–H and O–H groups in total. The van der Waals surface area contributed by atoms with Crippen LogP contribution in [-0.4, -0.2) is 10.1 Å². The molecular formula is C8H3Br2FN2O2. The quantitative estimate of drug-likeness (QED) is 0.870. The lowest BCUT2D eigenvalue weighted by Gasteiger charge is -2.02. The van der Waals surface area contributed by atoms with Crippen LogP contribution >= 0.6 is 31.9 Å². The van der Waals surface area contributed by atoms with E-state index >= 15 is 0 Å². The van der Waals surface area contributed by atoms with E-state index < -0.39 is 11.6 Å². The molecule has 7 heteroatoms. The summed E-state index contributed by atoms with van der Waals surface area (Å²) in [6, 6.07) is 2.54. The van der Waals surface area contributed by atoms with Crippen LogP contribution in [0.4, 0.5) is 4.39 Å². The Morgan fingerprint density at radius 3 is 2.40 bits per heavy atom. The lowest BCUT2D eigenvalue weighted by atomic mass is 10.2. The zero-order valence-corrected chi connectivity index (χ0v) is 10.2. The first-order chi connectivity index (χ1) is 7.08. The van der Waals surface area contributed by atoms with Gasteiger partial charge in [-0.05, 0) is 44.0 Å². The van der Waals surface area contributed by atoms with E-state index in [1.54, 1.807) is 0 Å². The van der Waals surface area contributed by atoms with Gasteiger partial charge < -0.3 is 0 Å². The molecule has 0 spiro atoms. The summed E-state index contributed by atoms with van der Waals surface area (Å²) in [6.07, 6.45) is 0. The van der Waals surface area contributed by atoms with Crippen molar-refractivity contribution in [3.63, 3.8) is 0 Å². The number of aromatic nitrogens is 2. The van der Waals surface area contributed by atoms with Crippen molar-refractivity contribution in [2.45, 2.75) is 0 Å². The maximum Gasteiger partial charge on any atom is 0.439 e. The van der Waals surface area contributed by atoms with Crippen LogP contribution in [0.1, 0.15) is 0 Å². The molecule has 0 amide bonds. The van der Waals surface area contributed by atoms with E-state index in [1.807, 2.05) is 0 Å². The molecule has 0 saturated carbocycles. The maximum atomic E-state index is 13.0. The van der Waals surface area contributed by atoms with Gasteiger partial charge in [-0.15, -0.1) is 0 Å². The number of hydrogen-bond donors (Lipinski definition) is 1. The summed E-state index contributed by atoms with van der Waals surface area (Å²) in [5.74, 6) is -0.824. The van der Waals surface area contributed by atoms with E-state index in [1.165, 1.54) is 12.1 Å². The second-order valence-corrected chi connectivity index (χ2v) is 4.40. The third kappa shape index (κ3) is 2.03. The molecule has 1 heterocycles. The summed E-state index contributed by atoms with van der Waals surface area (Å²) in [5, 5.41) is 3.51. The van der Waals surface area contributed by atoms with Gasteiger partial charge in [0.1, 0.15) is 5.82 Å². The minimum absolute atomic E-state index is 0.235. The highest BCUT2D eigenvalue weighted by Gasteiger charge is 2.13.